The molecule has 88 heavy (non-hydrogen) atoms. The number of likely N-dealkylation sites (tertiary alicyclic amines) is 2. The van der Waals surface area contributed by atoms with Gasteiger partial charge < -0.3 is 38.5 Å². The van der Waals surface area contributed by atoms with Crippen LogP contribution in [0.4, 0.5) is 22.7 Å². The van der Waals surface area contributed by atoms with Gasteiger partial charge in [0, 0.05) is 85.8 Å². The number of anilines is 4. The Morgan fingerprint density at radius 2 is 0.864 bits per heavy atom. The van der Waals surface area contributed by atoms with E-state index < -0.39 is 32.0 Å². The number of piperidine rings is 2. The number of unbranched alkanes of at least 4 members (excludes halogenated alkanes) is 8. The second-order valence-corrected chi connectivity index (χ2v) is 30.4. The van der Waals surface area contributed by atoms with Gasteiger partial charge in [-0.05, 0) is 152 Å². The van der Waals surface area contributed by atoms with Gasteiger partial charge in [0.05, 0.1) is 45.8 Å². The molecular weight excluding hydrogens is 1200 g/mol. The van der Waals surface area contributed by atoms with Gasteiger partial charge in [-0.3, -0.25) is 9.59 Å². The summed E-state index contributed by atoms with van der Waals surface area (Å²) in [6, 6.07) is 21.2. The van der Waals surface area contributed by atoms with Crippen molar-refractivity contribution in [2.45, 2.75) is 172 Å². The Bertz CT molecular complexity index is 3030. The first-order valence-corrected chi connectivity index (χ1v) is 36.4. The largest absolute Gasteiger partial charge is 0.466 e. The average molecular weight is 1290 g/mol. The Hall–Kier alpha value is -5.20. The van der Waals surface area contributed by atoms with Gasteiger partial charge in [0.15, 0.2) is 11.5 Å². The van der Waals surface area contributed by atoms with Crippen LogP contribution in [0.5, 0.6) is 11.5 Å². The summed E-state index contributed by atoms with van der Waals surface area (Å²) in [6.45, 7) is 11.3. The standard InChI is InChI=1S/C66H92N6O12S4/c1-7-9-11-13-15-27-61(73)81-43-33-49-29-39-69(40-30-49)35-21-37-71-53-23-17-19-25-57(53)85-59-47-51(87(77,78)67(3)4)45-55(63(59)71)83-65(75)66(76)84-56-46-52(88(79,80)68(5)6)48-60-64(56)72(54-24-18-20-26-58(54)86-60)38-22-36-70-41-31-50(32-42-70)34-44-82-62(74)28-16-14-12-10-8-2/h17-20,23-26,45-50H,7-16,21-22,27-44H2,1-6H3. The molecular formula is C66H92N6O12S4. The lowest BCUT2D eigenvalue weighted by Gasteiger charge is -2.36. The van der Waals surface area contributed by atoms with Crippen LogP contribution in [0.3, 0.4) is 0 Å². The highest BCUT2D eigenvalue weighted by Crippen LogP contribution is 2.55. The molecule has 4 heterocycles. The lowest BCUT2D eigenvalue weighted by molar-refractivity contribution is -0.156. The highest BCUT2D eigenvalue weighted by atomic mass is 32.2. The van der Waals surface area contributed by atoms with Crippen molar-refractivity contribution in [3.05, 3.63) is 72.8 Å². The topological polar surface area (TPSA) is 193 Å². The second kappa shape index (κ2) is 33.2. The Kier molecular flexibility index (Phi) is 25.9. The molecule has 22 heteroatoms. The number of fused-ring (bicyclic) bond motifs is 4. The molecule has 0 spiro atoms. The van der Waals surface area contributed by atoms with Gasteiger partial charge in [0.1, 0.15) is 0 Å². The SMILES string of the molecule is CCCCCCCC(=O)OCCC1CCN(CCCN2c3ccccc3Sc3cc(S(=O)(=O)N(C)C)cc(OC(=O)C(=O)Oc4cc(S(=O)(=O)N(C)C)cc5c4N(CCCN4CCC(CCOC(=O)CCCCCCC)CC4)c4ccccc4S5)c32)CC1. The van der Waals surface area contributed by atoms with Crippen LogP contribution in [0.15, 0.2) is 102 Å². The maximum Gasteiger partial charge on any atom is 0.423 e. The Balaban J connectivity index is 0.970. The number of esters is 4. The minimum atomic E-state index is -4.10. The van der Waals surface area contributed by atoms with Crippen molar-refractivity contribution in [2.75, 3.05) is 104 Å². The molecule has 0 aromatic heterocycles. The minimum Gasteiger partial charge on any atom is -0.466 e. The summed E-state index contributed by atoms with van der Waals surface area (Å²) < 4.78 is 81.3. The van der Waals surface area contributed by atoms with E-state index >= 15 is 0 Å². The third-order valence-electron chi connectivity index (χ3n) is 17.1. The monoisotopic (exact) mass is 1290 g/mol. The van der Waals surface area contributed by atoms with E-state index in [0.29, 0.717) is 85.0 Å². The summed E-state index contributed by atoms with van der Waals surface area (Å²) in [6.07, 6.45) is 18.9. The normalized spacial score (nSPS) is 15.8. The molecule has 0 amide bonds. The van der Waals surface area contributed by atoms with Gasteiger partial charge in [0.25, 0.3) is 0 Å². The van der Waals surface area contributed by atoms with Crippen LogP contribution in [-0.2, 0) is 48.7 Å². The summed E-state index contributed by atoms with van der Waals surface area (Å²) >= 11 is 2.67. The second-order valence-electron chi connectivity index (χ2n) is 24.0. The molecule has 8 rings (SSSR count). The fourth-order valence-corrected chi connectivity index (χ4v) is 16.3. The van der Waals surface area contributed by atoms with Crippen LogP contribution in [0.25, 0.3) is 0 Å². The van der Waals surface area contributed by atoms with Crippen molar-refractivity contribution in [2.24, 2.45) is 11.8 Å². The van der Waals surface area contributed by atoms with Gasteiger partial charge in [-0.15, -0.1) is 0 Å². The lowest BCUT2D eigenvalue weighted by atomic mass is 9.94. The summed E-state index contributed by atoms with van der Waals surface area (Å²) in [7, 11) is -2.56. The highest BCUT2D eigenvalue weighted by Gasteiger charge is 2.36. The fourth-order valence-electron chi connectivity index (χ4n) is 11.9. The van der Waals surface area contributed by atoms with Crippen LogP contribution in [0.1, 0.15) is 142 Å². The zero-order chi connectivity index (χ0) is 62.8. The summed E-state index contributed by atoms with van der Waals surface area (Å²) in [5.74, 6) is -2.48. The Morgan fingerprint density at radius 1 is 0.489 bits per heavy atom. The molecule has 4 aliphatic heterocycles. The van der Waals surface area contributed by atoms with E-state index in [2.05, 4.69) is 23.6 Å². The van der Waals surface area contributed by atoms with Crippen molar-refractivity contribution in [1.82, 2.24) is 18.4 Å². The first kappa shape index (κ1) is 68.7. The van der Waals surface area contributed by atoms with Crippen LogP contribution < -0.4 is 19.3 Å². The van der Waals surface area contributed by atoms with Crippen molar-refractivity contribution in [1.29, 1.82) is 0 Å². The summed E-state index contributed by atoms with van der Waals surface area (Å²) in [5.41, 5.74) is 2.48. The van der Waals surface area contributed by atoms with Crippen molar-refractivity contribution >= 4 is 90.2 Å². The smallest absolute Gasteiger partial charge is 0.423 e. The van der Waals surface area contributed by atoms with Gasteiger partial charge in [-0.1, -0.05) is 113 Å². The van der Waals surface area contributed by atoms with Crippen LogP contribution in [-0.4, -0.2) is 153 Å². The van der Waals surface area contributed by atoms with Gasteiger partial charge in [0.2, 0.25) is 20.0 Å². The number of benzene rings is 4. The zero-order valence-electron chi connectivity index (χ0n) is 52.5. The van der Waals surface area contributed by atoms with Crippen LogP contribution in [0, 0.1) is 11.8 Å². The number of carbonyl (C=O) groups excluding carboxylic acids is 4. The average Bonchev–Trinajstić information content (AvgIpc) is 0.866. The predicted molar refractivity (Wildman–Crippen MR) is 347 cm³/mol. The van der Waals surface area contributed by atoms with Gasteiger partial charge >= 0.3 is 23.9 Å². The molecule has 2 saturated heterocycles. The predicted octanol–water partition coefficient (Wildman–Crippen LogP) is 12.7. The Labute approximate surface area is 531 Å². The zero-order valence-corrected chi connectivity index (χ0v) is 55.8. The molecule has 18 nitrogen and oxygen atoms in total. The van der Waals surface area contributed by atoms with Crippen LogP contribution in [0.2, 0.25) is 0 Å². The maximum atomic E-state index is 14.5. The van der Waals surface area contributed by atoms with Gasteiger partial charge in [-0.2, -0.15) is 0 Å². The van der Waals surface area contributed by atoms with E-state index in [1.807, 2.05) is 58.3 Å². The quantitative estimate of drug-likeness (QED) is 0.0194. The number of ether oxygens (including phenoxy) is 4. The van der Waals surface area contributed by atoms with E-state index in [4.69, 9.17) is 18.9 Å². The molecule has 4 aliphatic rings. The number of rotatable bonds is 32. The molecule has 0 saturated carbocycles. The Morgan fingerprint density at radius 3 is 1.24 bits per heavy atom. The molecule has 482 valence electrons. The van der Waals surface area contributed by atoms with E-state index in [0.717, 1.165) is 146 Å². The lowest BCUT2D eigenvalue weighted by Crippen LogP contribution is -2.36. The third-order valence-corrected chi connectivity index (χ3v) is 22.9. The molecule has 0 N–H and O–H groups in total. The van der Waals surface area contributed by atoms with E-state index in [1.54, 1.807) is 12.1 Å². The molecule has 0 radical (unpaired) electrons. The van der Waals surface area contributed by atoms with Crippen molar-refractivity contribution < 1.29 is 55.0 Å². The molecule has 4 aromatic rings. The highest BCUT2D eigenvalue weighted by molar-refractivity contribution is 8.00. The molecule has 0 unspecified atom stereocenters. The minimum absolute atomic E-state index is 0.110. The first-order valence-electron chi connectivity index (χ1n) is 31.9. The van der Waals surface area contributed by atoms with Crippen molar-refractivity contribution in [3.8, 4) is 11.5 Å². The van der Waals surface area contributed by atoms with Crippen LogP contribution >= 0.6 is 23.5 Å². The number of nitrogens with zero attached hydrogens (tertiary/aromatic N) is 6. The van der Waals surface area contributed by atoms with Gasteiger partial charge in [-0.25, -0.2) is 35.0 Å². The van der Waals surface area contributed by atoms with E-state index in [-0.39, 0.29) is 33.2 Å². The van der Waals surface area contributed by atoms with E-state index in [9.17, 15) is 36.0 Å². The third kappa shape index (κ3) is 18.5. The number of carbonyl (C=O) groups is 4. The first-order chi connectivity index (χ1) is 42.4. The number of para-hydroxylation sites is 2. The molecule has 0 aliphatic carbocycles. The molecule has 2 fully saturated rings. The van der Waals surface area contributed by atoms with E-state index in [1.165, 1.54) is 89.5 Å². The molecule has 0 atom stereocenters. The molecule has 4 aromatic carbocycles. The number of sulfonamides is 2. The molecule has 0 bridgehead atoms. The maximum absolute atomic E-state index is 14.5. The summed E-state index contributed by atoms with van der Waals surface area (Å²) in [4.78, 5) is 65.1. The fraction of sp³-hybridized carbons (Fsp3) is 0.576. The summed E-state index contributed by atoms with van der Waals surface area (Å²) in [5, 5.41) is 0. The van der Waals surface area contributed by atoms with Crippen molar-refractivity contribution in [3.63, 3.8) is 0 Å². The number of hydrogen-bond donors (Lipinski definition) is 0. The number of hydrogen-bond acceptors (Lipinski definition) is 18.